The third kappa shape index (κ3) is 5.68. The molecule has 21 heavy (non-hydrogen) atoms. The summed E-state index contributed by atoms with van der Waals surface area (Å²) >= 11 is 0. The van der Waals surface area contributed by atoms with E-state index in [4.69, 9.17) is 10.6 Å². The fourth-order valence-corrected chi connectivity index (χ4v) is 3.40. The van der Waals surface area contributed by atoms with Crippen molar-refractivity contribution in [1.82, 2.24) is 5.43 Å². The first-order valence-electron chi connectivity index (χ1n) is 8.41. The van der Waals surface area contributed by atoms with Crippen LogP contribution in [0.2, 0.25) is 0 Å². The minimum Gasteiger partial charge on any atom is -0.497 e. The van der Waals surface area contributed by atoms with Gasteiger partial charge in [-0.25, -0.2) is 0 Å². The van der Waals surface area contributed by atoms with Crippen molar-refractivity contribution in [2.75, 3.05) is 7.11 Å². The van der Waals surface area contributed by atoms with Crippen molar-refractivity contribution in [1.29, 1.82) is 0 Å². The van der Waals surface area contributed by atoms with Crippen LogP contribution >= 0.6 is 0 Å². The molecular formula is C18H30N2O. The Bertz CT molecular complexity index is 383. The lowest BCUT2D eigenvalue weighted by atomic mass is 9.90. The molecule has 1 aliphatic carbocycles. The Morgan fingerprint density at radius 3 is 2.38 bits per heavy atom. The minimum absolute atomic E-state index is 0.440. The Morgan fingerprint density at radius 2 is 1.81 bits per heavy atom. The molecule has 0 bridgehead atoms. The predicted molar refractivity (Wildman–Crippen MR) is 88.2 cm³/mol. The smallest absolute Gasteiger partial charge is 0.118 e. The van der Waals surface area contributed by atoms with E-state index in [2.05, 4.69) is 17.6 Å². The van der Waals surface area contributed by atoms with Gasteiger partial charge in [-0.1, -0.05) is 50.7 Å². The molecule has 118 valence electrons. The van der Waals surface area contributed by atoms with Gasteiger partial charge in [0.25, 0.3) is 0 Å². The number of hydrogen-bond acceptors (Lipinski definition) is 3. The van der Waals surface area contributed by atoms with Crippen LogP contribution < -0.4 is 16.0 Å². The number of benzene rings is 1. The van der Waals surface area contributed by atoms with Crippen LogP contribution in [0.5, 0.6) is 5.75 Å². The molecule has 0 amide bonds. The van der Waals surface area contributed by atoms with Crippen LogP contribution in [-0.4, -0.2) is 13.2 Å². The first-order valence-corrected chi connectivity index (χ1v) is 8.41. The quantitative estimate of drug-likeness (QED) is 0.456. The van der Waals surface area contributed by atoms with E-state index in [0.29, 0.717) is 6.04 Å². The number of nitrogens with two attached hydrogens (primary N) is 1. The number of hydrazine groups is 1. The summed E-state index contributed by atoms with van der Waals surface area (Å²) in [6, 6.07) is 8.81. The first kappa shape index (κ1) is 16.3. The van der Waals surface area contributed by atoms with Crippen LogP contribution in [0.15, 0.2) is 24.3 Å². The van der Waals surface area contributed by atoms with E-state index in [1.807, 2.05) is 12.1 Å². The molecule has 3 nitrogen and oxygen atoms in total. The Morgan fingerprint density at radius 1 is 1.14 bits per heavy atom. The van der Waals surface area contributed by atoms with Gasteiger partial charge in [0.1, 0.15) is 5.75 Å². The maximum Gasteiger partial charge on any atom is 0.118 e. The van der Waals surface area contributed by atoms with E-state index in [1.54, 1.807) is 7.11 Å². The van der Waals surface area contributed by atoms with Crippen molar-refractivity contribution in [2.45, 2.75) is 63.8 Å². The number of ether oxygens (including phenoxy) is 1. The summed E-state index contributed by atoms with van der Waals surface area (Å²) in [5.74, 6) is 7.56. The Kier molecular flexibility index (Phi) is 7.04. The van der Waals surface area contributed by atoms with Crippen molar-refractivity contribution in [3.8, 4) is 5.75 Å². The number of methoxy groups -OCH3 is 1. The predicted octanol–water partition coefficient (Wildman–Crippen LogP) is 3.82. The zero-order valence-electron chi connectivity index (χ0n) is 13.3. The normalized spacial score (nSPS) is 18.2. The van der Waals surface area contributed by atoms with E-state index in [1.165, 1.54) is 50.5 Å². The highest BCUT2D eigenvalue weighted by atomic mass is 16.5. The Hall–Kier alpha value is -1.06. The lowest BCUT2D eigenvalue weighted by Gasteiger charge is -2.22. The van der Waals surface area contributed by atoms with Crippen LogP contribution in [0.3, 0.4) is 0 Å². The van der Waals surface area contributed by atoms with Gasteiger partial charge in [-0.05, 0) is 42.9 Å². The van der Waals surface area contributed by atoms with Crippen LogP contribution in [0.25, 0.3) is 0 Å². The van der Waals surface area contributed by atoms with Gasteiger partial charge in [0, 0.05) is 6.04 Å². The second-order valence-corrected chi connectivity index (χ2v) is 6.34. The number of nitrogens with one attached hydrogen (secondary N) is 1. The first-order chi connectivity index (χ1) is 10.3. The molecule has 1 aromatic rings. The summed E-state index contributed by atoms with van der Waals surface area (Å²) in [6.07, 6.45) is 11.8. The maximum atomic E-state index is 5.77. The monoisotopic (exact) mass is 290 g/mol. The zero-order chi connectivity index (χ0) is 14.9. The average molecular weight is 290 g/mol. The summed E-state index contributed by atoms with van der Waals surface area (Å²) in [7, 11) is 1.70. The average Bonchev–Trinajstić information content (AvgIpc) is 2.80. The molecule has 0 aliphatic heterocycles. The fraction of sp³-hybridized carbons (Fsp3) is 0.667. The summed E-state index contributed by atoms with van der Waals surface area (Å²) in [5.41, 5.74) is 4.40. The molecule has 1 fully saturated rings. The van der Waals surface area contributed by atoms with Crippen molar-refractivity contribution < 1.29 is 4.74 Å². The lowest BCUT2D eigenvalue weighted by molar-refractivity contribution is 0.342. The van der Waals surface area contributed by atoms with Gasteiger partial charge in [-0.15, -0.1) is 0 Å². The molecule has 1 saturated carbocycles. The molecule has 1 aromatic carbocycles. The summed E-state index contributed by atoms with van der Waals surface area (Å²) in [6.45, 7) is 0. The molecule has 1 atom stereocenters. The van der Waals surface area contributed by atoms with Crippen molar-refractivity contribution in [2.24, 2.45) is 11.8 Å². The second kappa shape index (κ2) is 9.06. The van der Waals surface area contributed by atoms with Crippen molar-refractivity contribution >= 4 is 0 Å². The molecule has 3 N–H and O–H groups in total. The van der Waals surface area contributed by atoms with Gasteiger partial charge < -0.3 is 4.74 Å². The molecule has 1 aliphatic rings. The molecular weight excluding hydrogens is 260 g/mol. The number of aryl methyl sites for hydroxylation is 1. The number of rotatable bonds is 7. The Balaban J connectivity index is 1.78. The van der Waals surface area contributed by atoms with Gasteiger partial charge in [-0.2, -0.15) is 0 Å². The van der Waals surface area contributed by atoms with E-state index < -0.39 is 0 Å². The minimum atomic E-state index is 0.440. The maximum absolute atomic E-state index is 5.77. The molecule has 0 heterocycles. The van der Waals surface area contributed by atoms with Crippen LogP contribution in [-0.2, 0) is 6.42 Å². The van der Waals surface area contributed by atoms with Gasteiger partial charge in [0.15, 0.2) is 0 Å². The molecule has 0 spiro atoms. The number of hydrogen-bond donors (Lipinski definition) is 2. The lowest BCUT2D eigenvalue weighted by Crippen LogP contribution is -2.37. The summed E-state index contributed by atoms with van der Waals surface area (Å²) in [4.78, 5) is 0. The molecule has 2 rings (SSSR count). The fourth-order valence-electron chi connectivity index (χ4n) is 3.40. The topological polar surface area (TPSA) is 47.3 Å². The molecule has 1 unspecified atom stereocenters. The van der Waals surface area contributed by atoms with Gasteiger partial charge in [0.2, 0.25) is 0 Å². The highest BCUT2D eigenvalue weighted by Gasteiger charge is 2.17. The third-order valence-corrected chi connectivity index (χ3v) is 4.77. The molecule has 0 saturated heterocycles. The summed E-state index contributed by atoms with van der Waals surface area (Å²) < 4.78 is 5.20. The second-order valence-electron chi connectivity index (χ2n) is 6.34. The SMILES string of the molecule is COc1ccc(CCC(CC2CCCCCC2)NN)cc1. The molecule has 0 radical (unpaired) electrons. The van der Waals surface area contributed by atoms with Crippen LogP contribution in [0, 0.1) is 5.92 Å². The standard InChI is InChI=1S/C18H30N2O/c1-21-18-12-9-15(10-13-18)8-11-17(20-19)14-16-6-4-2-3-5-7-16/h9-10,12-13,16-17,20H,2-8,11,14,19H2,1H3. The van der Waals surface area contributed by atoms with E-state index in [-0.39, 0.29) is 0 Å². The third-order valence-electron chi connectivity index (χ3n) is 4.77. The zero-order valence-corrected chi connectivity index (χ0v) is 13.3. The summed E-state index contributed by atoms with van der Waals surface area (Å²) in [5, 5.41) is 0. The molecule has 0 aromatic heterocycles. The van der Waals surface area contributed by atoms with Gasteiger partial charge >= 0.3 is 0 Å². The highest BCUT2D eigenvalue weighted by molar-refractivity contribution is 5.27. The highest BCUT2D eigenvalue weighted by Crippen LogP contribution is 2.27. The van der Waals surface area contributed by atoms with Gasteiger partial charge in [-0.3, -0.25) is 11.3 Å². The Labute approximate surface area is 129 Å². The van der Waals surface area contributed by atoms with Crippen LogP contribution in [0.4, 0.5) is 0 Å². The molecule has 3 heteroatoms. The van der Waals surface area contributed by atoms with E-state index in [9.17, 15) is 0 Å². The van der Waals surface area contributed by atoms with Gasteiger partial charge in [0.05, 0.1) is 7.11 Å². The largest absolute Gasteiger partial charge is 0.497 e. The van der Waals surface area contributed by atoms with E-state index >= 15 is 0 Å². The van der Waals surface area contributed by atoms with Crippen molar-refractivity contribution in [3.05, 3.63) is 29.8 Å². The van der Waals surface area contributed by atoms with E-state index in [0.717, 1.165) is 24.5 Å². The van der Waals surface area contributed by atoms with Crippen molar-refractivity contribution in [3.63, 3.8) is 0 Å². The van der Waals surface area contributed by atoms with Crippen LogP contribution in [0.1, 0.15) is 56.9 Å².